The molecule has 105 heavy (non-hydrogen) atoms. The number of nitrogens with zero attached hydrogens (tertiary/aromatic N) is 2. The van der Waals surface area contributed by atoms with E-state index in [1.54, 1.807) is 0 Å². The minimum absolute atomic E-state index is 0.00749. The van der Waals surface area contributed by atoms with Gasteiger partial charge in [0.25, 0.3) is 0 Å². The number of aliphatic hydroxyl groups is 17. The van der Waals surface area contributed by atoms with Crippen LogP contribution < -0.4 is 0 Å². The minimum atomic E-state index is -2.21. The summed E-state index contributed by atoms with van der Waals surface area (Å²) < 4.78 is 72.8. The minimum Gasteiger partial charge on any atom is -0.480 e. The molecule has 0 radical (unpaired) electrons. The van der Waals surface area contributed by atoms with Gasteiger partial charge in [0.1, 0.15) is 116 Å². The van der Waals surface area contributed by atoms with Gasteiger partial charge >= 0.3 is 23.9 Å². The first-order valence-electron chi connectivity index (χ1n) is 36.0. The van der Waals surface area contributed by atoms with E-state index in [1.165, 1.54) is 0 Å². The number of aliphatic carboxylic acids is 4. The molecule has 21 N–H and O–H groups in total. The molecule has 39 heteroatoms. The smallest absolute Gasteiger partial charge is 0.317 e. The molecule has 0 amide bonds. The van der Waals surface area contributed by atoms with Crippen LogP contribution >= 0.6 is 0 Å². The first-order valence-corrected chi connectivity index (χ1v) is 36.0. The third-order valence-corrected chi connectivity index (χ3v) is 24.3. The van der Waals surface area contributed by atoms with Crippen LogP contribution in [0.5, 0.6) is 0 Å². The molecule has 1 spiro atoms. The molecule has 604 valence electrons. The van der Waals surface area contributed by atoms with E-state index in [0.717, 1.165) is 48.3 Å². The van der Waals surface area contributed by atoms with Crippen molar-refractivity contribution in [2.24, 2.45) is 52.3 Å². The van der Waals surface area contributed by atoms with Gasteiger partial charge in [-0.3, -0.25) is 29.0 Å². The van der Waals surface area contributed by atoms with Gasteiger partial charge < -0.3 is 164 Å². The van der Waals surface area contributed by atoms with Crippen LogP contribution in [0.15, 0.2) is 0 Å². The number of hydrogen-bond acceptors (Lipinski definition) is 35. The molecule has 7 saturated heterocycles. The van der Waals surface area contributed by atoms with Gasteiger partial charge in [-0.1, -0.05) is 27.7 Å². The van der Waals surface area contributed by atoms with E-state index in [0.29, 0.717) is 25.4 Å². The lowest BCUT2D eigenvalue weighted by Crippen LogP contribution is -2.69. The van der Waals surface area contributed by atoms with Crippen LogP contribution in [-0.2, 0) is 76.0 Å². The fraction of sp³-hybridized carbons (Fsp3) is 0.939. The normalized spacial score (nSPS) is 49.0. The summed E-state index contributed by atoms with van der Waals surface area (Å²) >= 11 is 0. The van der Waals surface area contributed by atoms with Gasteiger partial charge in [0.2, 0.25) is 0 Å². The number of carboxylic acids is 4. The molecule has 1 unspecified atom stereocenters. The largest absolute Gasteiger partial charge is 0.480 e. The first kappa shape index (κ1) is 84.1. The molecule has 38 atom stereocenters. The van der Waals surface area contributed by atoms with Gasteiger partial charge in [-0.25, -0.2) is 0 Å². The second kappa shape index (κ2) is 34.7. The Labute approximate surface area is 603 Å². The van der Waals surface area contributed by atoms with Crippen molar-refractivity contribution in [3.05, 3.63) is 0 Å². The molecule has 7 heterocycles. The molecular weight excluding hydrogens is 1410 g/mol. The van der Waals surface area contributed by atoms with Crippen molar-refractivity contribution >= 4 is 23.9 Å². The molecule has 11 fully saturated rings. The van der Waals surface area contributed by atoms with Crippen LogP contribution in [0, 0.1) is 52.3 Å². The maximum atomic E-state index is 12.3. The Morgan fingerprint density at radius 2 is 0.943 bits per heavy atom. The number of rotatable bonds is 25. The van der Waals surface area contributed by atoms with Crippen molar-refractivity contribution in [3.8, 4) is 0 Å². The predicted molar refractivity (Wildman–Crippen MR) is 341 cm³/mol. The van der Waals surface area contributed by atoms with Crippen molar-refractivity contribution in [2.45, 2.75) is 257 Å². The molecule has 0 bridgehead atoms. The Bertz CT molecular complexity index is 2800. The molecule has 7 aliphatic heterocycles. The Morgan fingerprint density at radius 3 is 1.50 bits per heavy atom. The van der Waals surface area contributed by atoms with Gasteiger partial charge in [-0.05, 0) is 85.4 Å². The zero-order valence-electron chi connectivity index (χ0n) is 58.7. The average Bonchev–Trinajstić information content (AvgIpc) is 1.53. The highest BCUT2D eigenvalue weighted by Gasteiger charge is 2.73. The Hall–Kier alpha value is -3.36. The summed E-state index contributed by atoms with van der Waals surface area (Å²) in [7, 11) is 0. The van der Waals surface area contributed by atoms with Crippen LogP contribution in [0.2, 0.25) is 0 Å². The number of fused-ring (bicyclic) bond motifs is 7. The van der Waals surface area contributed by atoms with Crippen LogP contribution in [-0.4, -0.2) is 397 Å². The van der Waals surface area contributed by atoms with Gasteiger partial charge in [-0.2, -0.15) is 0 Å². The third-order valence-electron chi connectivity index (χ3n) is 24.3. The van der Waals surface area contributed by atoms with Crippen LogP contribution in [0.4, 0.5) is 0 Å². The molecule has 39 nitrogen and oxygen atoms in total. The molecule has 4 saturated carbocycles. The molecule has 4 aliphatic carbocycles. The van der Waals surface area contributed by atoms with E-state index in [1.807, 2.05) is 0 Å². The van der Waals surface area contributed by atoms with Crippen molar-refractivity contribution in [3.63, 3.8) is 0 Å². The van der Waals surface area contributed by atoms with Gasteiger partial charge in [-0.15, -0.1) is 0 Å². The highest BCUT2D eigenvalue weighted by atomic mass is 16.8. The van der Waals surface area contributed by atoms with Crippen molar-refractivity contribution in [2.75, 3.05) is 78.9 Å². The molecular formula is C66H108N2O37. The quantitative estimate of drug-likeness (QED) is 0.0378. The molecule has 0 aromatic carbocycles. The highest BCUT2D eigenvalue weighted by Crippen LogP contribution is 2.71. The average molecular weight is 1520 g/mol. The Kier molecular flexibility index (Phi) is 27.8. The van der Waals surface area contributed by atoms with Crippen molar-refractivity contribution in [1.29, 1.82) is 0 Å². The van der Waals surface area contributed by atoms with Gasteiger partial charge in [0.05, 0.1) is 90.2 Å². The summed E-state index contributed by atoms with van der Waals surface area (Å²) in [4.78, 5) is 44.4. The van der Waals surface area contributed by atoms with Crippen LogP contribution in [0.3, 0.4) is 0 Å². The maximum absolute atomic E-state index is 12.3. The maximum Gasteiger partial charge on any atom is 0.317 e. The number of aliphatic hydroxyl groups excluding tert-OH is 17. The summed E-state index contributed by atoms with van der Waals surface area (Å²) in [6.07, 6.45) is -42.5. The van der Waals surface area contributed by atoms with Crippen molar-refractivity contribution < 1.29 is 183 Å². The van der Waals surface area contributed by atoms with E-state index < -0.39 is 255 Å². The fourth-order valence-electron chi connectivity index (χ4n) is 18.9. The molecule has 11 rings (SSSR count). The standard InChI is InChI=1S/C56H92O29.C10H16N2O8/c1-19-7-10-56(75-17-19)20(2)31-45(85-56)37(67)32-22-6-5-21-11-26(24(61)12-55(21,4)23(22)8-9-54(31,32)3)76-50-42(72)39(69)44(30(16-60)80-50)81-53-48(47(36(66)29(15-59)79-53)83-49-40(70)33(63)25(62)18-74-49)84-52-43(73)46(35(65)28(14-58)78-52)82-51-41(71)38(68)34(64)27(13-57)77-51;13-7(14)3-11(4-8(15)16)1-2-12(5-9(17)18)6-10(19)20/h19-53,57-73H,5-18H2,1-4H3;1-6H2,(H,13,14)(H,15,16)(H,17,18)(H,19,20)/t19-,20+,21+,22-,23+,24-,25-,26-,27-,28-,29-,30-,31+,32-,33+,34-,35-,36?,37+,38+,39-,40-,41-,42-,43-,44+,45-,46-,47+,48-,49+,50-,51+,52+,53+,54-,55+,56-;/m1./s1. The van der Waals surface area contributed by atoms with E-state index in [-0.39, 0.29) is 65.5 Å². The number of carbonyl (C=O) groups is 4. The zero-order valence-corrected chi connectivity index (χ0v) is 58.7. The molecule has 0 aromatic rings. The molecule has 0 aromatic heterocycles. The lowest BCUT2D eigenvalue weighted by atomic mass is 9.44. The summed E-state index contributed by atoms with van der Waals surface area (Å²) in [6, 6.07) is 0. The van der Waals surface area contributed by atoms with Gasteiger partial charge in [0, 0.05) is 31.3 Å². The van der Waals surface area contributed by atoms with E-state index in [2.05, 4.69) is 27.7 Å². The van der Waals surface area contributed by atoms with E-state index >= 15 is 0 Å². The van der Waals surface area contributed by atoms with E-state index in [4.69, 9.17) is 77.3 Å². The Balaban J connectivity index is 0.000000515. The lowest BCUT2D eigenvalue weighted by Gasteiger charge is -2.62. The summed E-state index contributed by atoms with van der Waals surface area (Å²) in [5.74, 6) is -4.52. The number of ether oxygens (including phenoxy) is 12. The zero-order chi connectivity index (χ0) is 76.8. The highest BCUT2D eigenvalue weighted by molar-refractivity contribution is 5.73. The van der Waals surface area contributed by atoms with E-state index in [9.17, 15) is 106 Å². The van der Waals surface area contributed by atoms with Gasteiger partial charge in [0.15, 0.2) is 37.2 Å². The first-order chi connectivity index (χ1) is 49.5. The second-order valence-electron chi connectivity index (χ2n) is 30.9. The second-order valence-corrected chi connectivity index (χ2v) is 30.9. The fourth-order valence-corrected chi connectivity index (χ4v) is 18.9. The SMILES string of the molecule is C[C@@H]1CC[C@@]2(OC1)O[C@H]1[C@@H](O)[C@H]3[C@@H]4CC[C@H]5C[C@@H](O[C@@H]6O[C@H](CO)[C@H](O[C@@H]7O[C@H](CO)C(O)[C@H](O[C@@H]8OC[C@@H](O)[C@H](O)[C@H]8O)[C@H]7O[C@@H]7O[C@H](CO)[C@@H](O)[C@@H](O[C@@H]8O[C@H](CO)[C@@H](O)[C@H](O)[C@H]8O)[C@H]7O)[C@H](O)[C@H]6O)[C@H](O)C[C@]5(C)[C@H]4CC[C@]3(C)[C@H]1[C@@H]2C.O=C(O)CN(CCN(CC(=O)O)CC(=O)O)CC(=O)O. The van der Waals surface area contributed by atoms with Crippen LogP contribution in [0.25, 0.3) is 0 Å². The lowest BCUT2D eigenvalue weighted by molar-refractivity contribution is -0.410. The monoisotopic (exact) mass is 1520 g/mol. The molecule has 11 aliphatic rings. The summed E-state index contributed by atoms with van der Waals surface area (Å²) in [6.45, 7) is 2.96. The topological polar surface area (TPSA) is 610 Å². The van der Waals surface area contributed by atoms with Crippen LogP contribution in [0.1, 0.15) is 79.1 Å². The predicted octanol–water partition coefficient (Wildman–Crippen LogP) is -8.58. The summed E-state index contributed by atoms with van der Waals surface area (Å²) in [5, 5.41) is 223. The number of hydrogen-bond donors (Lipinski definition) is 21. The number of carboxylic acid groups (broad SMARTS) is 4. The van der Waals surface area contributed by atoms with Crippen molar-refractivity contribution in [1.82, 2.24) is 9.80 Å². The third kappa shape index (κ3) is 17.3. The summed E-state index contributed by atoms with van der Waals surface area (Å²) in [5.41, 5.74) is -0.531. The Morgan fingerprint density at radius 1 is 0.448 bits per heavy atom.